The predicted octanol–water partition coefficient (Wildman–Crippen LogP) is 3.42. The van der Waals surface area contributed by atoms with Crippen molar-refractivity contribution in [2.75, 3.05) is 13.7 Å². The van der Waals surface area contributed by atoms with Gasteiger partial charge in [-0.15, -0.1) is 0 Å². The van der Waals surface area contributed by atoms with E-state index >= 15 is 0 Å². The smallest absolute Gasteiger partial charge is 0.217 e. The number of ether oxygens (including phenoxy) is 2. The lowest BCUT2D eigenvalue weighted by atomic mass is 9.58. The van der Waals surface area contributed by atoms with Gasteiger partial charge in [0.25, 0.3) is 0 Å². The Morgan fingerprint density at radius 1 is 1.38 bits per heavy atom. The molecular formula is C21H29NO4. The topological polar surface area (TPSA) is 67.8 Å². The summed E-state index contributed by atoms with van der Waals surface area (Å²) in [7, 11) is 1.63. The fourth-order valence-electron chi connectivity index (χ4n) is 6.19. The first-order chi connectivity index (χ1) is 12.3. The second-order valence-electron chi connectivity index (χ2n) is 8.90. The average molecular weight is 359 g/mol. The Hall–Kier alpha value is -1.75. The molecule has 1 saturated heterocycles. The minimum absolute atomic E-state index is 0.0380. The van der Waals surface area contributed by atoms with Crippen LogP contribution in [-0.4, -0.2) is 30.8 Å². The standard InChI is InChI=1S/C21H29NO4/c1-12(23)22-19-20(2,3)13-9-16-18(26-8-7-21(16,19)11-13)15-10-14(25-4)5-6-17(15)24/h5-6,10,13,16,18-19,24H,7-9,11H2,1-4H3,(H,22,23)/t13-,16-,18-,19+,21-/m1/s1. The van der Waals surface area contributed by atoms with Crippen LogP contribution in [0.25, 0.3) is 0 Å². The first kappa shape index (κ1) is 17.7. The fourth-order valence-corrected chi connectivity index (χ4v) is 6.19. The maximum atomic E-state index is 11.9. The number of phenols is 1. The third-order valence-corrected chi connectivity index (χ3v) is 7.39. The van der Waals surface area contributed by atoms with Gasteiger partial charge < -0.3 is 19.9 Å². The molecule has 5 heteroatoms. The average Bonchev–Trinajstić information content (AvgIpc) is 3.08. The molecule has 4 rings (SSSR count). The van der Waals surface area contributed by atoms with Gasteiger partial charge in [-0.25, -0.2) is 0 Å². The van der Waals surface area contributed by atoms with E-state index in [0.29, 0.717) is 18.4 Å². The van der Waals surface area contributed by atoms with Crippen molar-refractivity contribution >= 4 is 5.91 Å². The summed E-state index contributed by atoms with van der Waals surface area (Å²) in [5.74, 6) is 1.87. The molecule has 2 saturated carbocycles. The molecule has 26 heavy (non-hydrogen) atoms. The summed E-state index contributed by atoms with van der Waals surface area (Å²) < 4.78 is 11.6. The molecule has 2 aliphatic carbocycles. The molecule has 3 aliphatic rings. The number of carbonyl (C=O) groups excluding carboxylic acids is 1. The van der Waals surface area contributed by atoms with E-state index < -0.39 is 0 Å². The molecule has 5 atom stereocenters. The second kappa shape index (κ2) is 5.88. The monoisotopic (exact) mass is 359 g/mol. The second-order valence-corrected chi connectivity index (χ2v) is 8.90. The van der Waals surface area contributed by atoms with Crippen LogP contribution in [0.5, 0.6) is 11.5 Å². The molecule has 0 unspecified atom stereocenters. The van der Waals surface area contributed by atoms with E-state index in [9.17, 15) is 9.90 Å². The first-order valence-electron chi connectivity index (χ1n) is 9.55. The third-order valence-electron chi connectivity index (χ3n) is 7.39. The van der Waals surface area contributed by atoms with Crippen LogP contribution in [0, 0.1) is 22.7 Å². The van der Waals surface area contributed by atoms with Crippen molar-refractivity contribution in [3.63, 3.8) is 0 Å². The molecule has 2 N–H and O–H groups in total. The molecule has 2 bridgehead atoms. The molecule has 1 amide bonds. The van der Waals surface area contributed by atoms with Crippen molar-refractivity contribution in [2.45, 2.75) is 52.2 Å². The molecule has 1 aromatic carbocycles. The van der Waals surface area contributed by atoms with Crippen molar-refractivity contribution in [3.8, 4) is 11.5 Å². The zero-order valence-electron chi connectivity index (χ0n) is 16.0. The van der Waals surface area contributed by atoms with Crippen LogP contribution in [-0.2, 0) is 9.53 Å². The SMILES string of the molecule is COc1ccc(O)c([C@H]2OCC[C@@]34C[C@@H](C[C@H]23)C(C)(C)[C@@H]4NC(C)=O)c1. The van der Waals surface area contributed by atoms with Gasteiger partial charge in [-0.3, -0.25) is 4.79 Å². The maximum Gasteiger partial charge on any atom is 0.217 e. The van der Waals surface area contributed by atoms with E-state index in [1.165, 1.54) is 0 Å². The molecule has 1 spiro atoms. The highest BCUT2D eigenvalue weighted by atomic mass is 16.5. The Morgan fingerprint density at radius 3 is 2.85 bits per heavy atom. The molecule has 1 aliphatic heterocycles. The summed E-state index contributed by atoms with van der Waals surface area (Å²) in [5.41, 5.74) is 0.930. The number of methoxy groups -OCH3 is 1. The highest BCUT2D eigenvalue weighted by Gasteiger charge is 2.68. The Balaban J connectivity index is 1.74. The van der Waals surface area contributed by atoms with Gasteiger partial charge in [0.1, 0.15) is 11.5 Å². The molecule has 1 aromatic rings. The lowest BCUT2D eigenvalue weighted by Gasteiger charge is -2.53. The first-order valence-corrected chi connectivity index (χ1v) is 9.55. The summed E-state index contributed by atoms with van der Waals surface area (Å²) in [4.78, 5) is 11.9. The van der Waals surface area contributed by atoms with E-state index in [1.54, 1.807) is 26.2 Å². The normalized spacial score (nSPS) is 37.2. The third kappa shape index (κ3) is 2.36. The van der Waals surface area contributed by atoms with Gasteiger partial charge in [0.05, 0.1) is 13.2 Å². The van der Waals surface area contributed by atoms with Crippen LogP contribution in [0.3, 0.4) is 0 Å². The Kier molecular flexibility index (Phi) is 3.99. The van der Waals surface area contributed by atoms with Gasteiger partial charge in [-0.2, -0.15) is 0 Å². The predicted molar refractivity (Wildman–Crippen MR) is 98.0 cm³/mol. The number of phenolic OH excluding ortho intramolecular Hbond substituents is 1. The zero-order chi connectivity index (χ0) is 18.7. The molecular weight excluding hydrogens is 330 g/mol. The van der Waals surface area contributed by atoms with Crippen LogP contribution in [0.2, 0.25) is 0 Å². The van der Waals surface area contributed by atoms with Crippen molar-refractivity contribution in [1.29, 1.82) is 0 Å². The highest BCUT2D eigenvalue weighted by molar-refractivity contribution is 5.73. The van der Waals surface area contributed by atoms with E-state index in [0.717, 1.165) is 30.6 Å². The minimum atomic E-state index is -0.156. The number of hydrogen-bond acceptors (Lipinski definition) is 4. The quantitative estimate of drug-likeness (QED) is 0.868. The summed E-state index contributed by atoms with van der Waals surface area (Å²) in [5, 5.41) is 13.8. The van der Waals surface area contributed by atoms with E-state index in [-0.39, 0.29) is 34.6 Å². The molecule has 0 radical (unpaired) electrons. The Morgan fingerprint density at radius 2 is 2.15 bits per heavy atom. The molecule has 3 fully saturated rings. The Bertz CT molecular complexity index is 731. The van der Waals surface area contributed by atoms with Crippen LogP contribution in [0.15, 0.2) is 18.2 Å². The molecule has 142 valence electrons. The number of carbonyl (C=O) groups is 1. The fraction of sp³-hybridized carbons (Fsp3) is 0.667. The number of amides is 1. The Labute approximate surface area is 155 Å². The van der Waals surface area contributed by atoms with Gasteiger partial charge >= 0.3 is 0 Å². The van der Waals surface area contributed by atoms with Crippen molar-refractivity contribution in [1.82, 2.24) is 5.32 Å². The van der Waals surface area contributed by atoms with Crippen LogP contribution < -0.4 is 10.1 Å². The summed E-state index contributed by atoms with van der Waals surface area (Å²) in [6.45, 7) is 6.84. The van der Waals surface area contributed by atoms with Gasteiger partial charge in [-0.1, -0.05) is 13.8 Å². The van der Waals surface area contributed by atoms with E-state index in [2.05, 4.69) is 19.2 Å². The number of rotatable bonds is 3. The number of aromatic hydroxyl groups is 1. The van der Waals surface area contributed by atoms with E-state index in [4.69, 9.17) is 9.47 Å². The zero-order valence-corrected chi connectivity index (χ0v) is 16.0. The van der Waals surface area contributed by atoms with Crippen LogP contribution >= 0.6 is 0 Å². The van der Waals surface area contributed by atoms with Crippen LogP contribution in [0.4, 0.5) is 0 Å². The number of nitrogens with one attached hydrogen (secondary N) is 1. The molecule has 0 aromatic heterocycles. The highest BCUT2D eigenvalue weighted by Crippen LogP contribution is 2.70. The summed E-state index contributed by atoms with van der Waals surface area (Å²) in [6, 6.07) is 5.49. The van der Waals surface area contributed by atoms with Crippen molar-refractivity contribution in [2.24, 2.45) is 22.7 Å². The largest absolute Gasteiger partial charge is 0.508 e. The number of fused-ring (bicyclic) bond motifs is 1. The summed E-state index contributed by atoms with van der Waals surface area (Å²) in [6.07, 6.45) is 3.00. The van der Waals surface area contributed by atoms with Gasteiger partial charge in [0, 0.05) is 25.1 Å². The van der Waals surface area contributed by atoms with Crippen LogP contribution in [0.1, 0.15) is 51.7 Å². The lowest BCUT2D eigenvalue weighted by Crippen LogP contribution is -2.58. The van der Waals surface area contributed by atoms with Gasteiger partial charge in [0.15, 0.2) is 0 Å². The van der Waals surface area contributed by atoms with Gasteiger partial charge in [-0.05, 0) is 60.1 Å². The maximum absolute atomic E-state index is 11.9. The lowest BCUT2D eigenvalue weighted by molar-refractivity contribution is -0.136. The van der Waals surface area contributed by atoms with E-state index in [1.807, 2.05) is 6.07 Å². The number of benzene rings is 1. The minimum Gasteiger partial charge on any atom is -0.508 e. The molecule has 5 nitrogen and oxygen atoms in total. The van der Waals surface area contributed by atoms with Crippen molar-refractivity contribution < 1.29 is 19.4 Å². The van der Waals surface area contributed by atoms with Crippen molar-refractivity contribution in [3.05, 3.63) is 23.8 Å². The number of hydrogen-bond donors (Lipinski definition) is 2. The van der Waals surface area contributed by atoms with Gasteiger partial charge in [0.2, 0.25) is 5.91 Å². The summed E-state index contributed by atoms with van der Waals surface area (Å²) >= 11 is 0. The molecule has 1 heterocycles.